The molecule has 14 heteroatoms. The minimum atomic E-state index is -0.805. The van der Waals surface area contributed by atoms with Crippen molar-refractivity contribution in [3.05, 3.63) is 70.4 Å². The average molecular weight is 697 g/mol. The number of hydrogen-bond donors (Lipinski definition) is 1. The number of piperazine rings is 2. The number of fused-ring (bicyclic) bond motifs is 1. The van der Waals surface area contributed by atoms with Crippen molar-refractivity contribution in [3.8, 4) is 16.9 Å². The van der Waals surface area contributed by atoms with Crippen molar-refractivity contribution < 1.29 is 13.6 Å². The van der Waals surface area contributed by atoms with Crippen LogP contribution in [0.3, 0.4) is 0 Å². The smallest absolute Gasteiger partial charge is 0.355 e. The number of nitrogen functional groups attached to an aromatic ring is 1. The van der Waals surface area contributed by atoms with Gasteiger partial charge in [-0.1, -0.05) is 12.6 Å². The van der Waals surface area contributed by atoms with Crippen LogP contribution in [0.2, 0.25) is 0 Å². The predicted molar refractivity (Wildman–Crippen MR) is 192 cm³/mol. The van der Waals surface area contributed by atoms with Crippen LogP contribution in [0.25, 0.3) is 28.0 Å². The molecule has 2 saturated heterocycles. The minimum absolute atomic E-state index is 0.0200. The second-order valence-electron chi connectivity index (χ2n) is 14.5. The number of carbonyl (C=O) groups is 1. The third-order valence-electron chi connectivity index (χ3n) is 10.7. The number of anilines is 3. The first-order chi connectivity index (χ1) is 24.5. The molecule has 3 aromatic heterocycles. The molecule has 0 bridgehead atoms. The Morgan fingerprint density at radius 1 is 0.922 bits per heavy atom. The molecule has 0 unspecified atom stereocenters. The third kappa shape index (κ3) is 5.88. The Balaban J connectivity index is 1.38. The van der Waals surface area contributed by atoms with Crippen LogP contribution >= 0.6 is 0 Å². The summed E-state index contributed by atoms with van der Waals surface area (Å²) in [6.45, 7) is 11.5. The van der Waals surface area contributed by atoms with Gasteiger partial charge in [0.05, 0.1) is 28.0 Å². The fourth-order valence-electron chi connectivity index (χ4n) is 7.48. The van der Waals surface area contributed by atoms with Gasteiger partial charge in [0.2, 0.25) is 11.9 Å². The molecular formula is C37H42F2N10O2. The summed E-state index contributed by atoms with van der Waals surface area (Å²) in [7, 11) is 2.10. The topological polar surface area (TPSA) is 130 Å². The third-order valence-corrected chi connectivity index (χ3v) is 10.7. The van der Waals surface area contributed by atoms with E-state index in [-0.39, 0.29) is 63.6 Å². The Labute approximate surface area is 294 Å². The van der Waals surface area contributed by atoms with E-state index in [0.29, 0.717) is 24.7 Å². The van der Waals surface area contributed by atoms with E-state index < -0.39 is 17.3 Å². The fraction of sp³-hybridized carbons (Fsp3) is 0.459. The molecule has 12 nitrogen and oxygen atoms in total. The van der Waals surface area contributed by atoms with E-state index in [9.17, 15) is 9.59 Å². The zero-order valence-electron chi connectivity index (χ0n) is 29.1. The summed E-state index contributed by atoms with van der Waals surface area (Å²) < 4.78 is 33.1. The number of nitrogens with two attached hydrogens (primary N) is 1. The Morgan fingerprint density at radius 3 is 2.20 bits per heavy atom. The van der Waals surface area contributed by atoms with E-state index in [0.717, 1.165) is 63.3 Å². The van der Waals surface area contributed by atoms with Crippen LogP contribution in [-0.4, -0.2) is 98.6 Å². The number of rotatable bonds is 7. The first-order valence-electron chi connectivity index (χ1n) is 17.8. The molecule has 2 aliphatic heterocycles. The Morgan fingerprint density at radius 2 is 1.59 bits per heavy atom. The van der Waals surface area contributed by atoms with Gasteiger partial charge in [-0.3, -0.25) is 4.79 Å². The normalized spacial score (nSPS) is 21.4. The maximum atomic E-state index is 16.3. The van der Waals surface area contributed by atoms with Gasteiger partial charge >= 0.3 is 5.69 Å². The highest BCUT2D eigenvalue weighted by Gasteiger charge is 2.39. The van der Waals surface area contributed by atoms with E-state index >= 15 is 8.78 Å². The molecule has 266 valence electrons. The lowest BCUT2D eigenvalue weighted by molar-refractivity contribution is -0.128. The molecule has 0 radical (unpaired) electrons. The zero-order valence-corrected chi connectivity index (χ0v) is 29.1. The number of likely N-dealkylation sites (N-methyl/N-ethyl adjacent to an activating group) is 1. The van der Waals surface area contributed by atoms with Gasteiger partial charge < -0.3 is 25.3 Å². The second-order valence-corrected chi connectivity index (χ2v) is 14.5. The standard InChI is InChI=1S/C37H42F2N10O2/c1-5-28(50)47-18-21(3)48(19-20(47)2)34-24-17-26(39)32(29-25(38)7-6-8-27(29)40)41-35(24)49(37(51)44-34)33-30(22-9-10-22)42-36(43-31(33)23-11-12-23)46-15-13-45(4)14-16-46/h5-8,17,20-23H,1,9-16,18-19,40H2,2-4H3/t20-,21+/m1/s1. The summed E-state index contributed by atoms with van der Waals surface area (Å²) in [6.07, 6.45) is 4.94. The summed E-state index contributed by atoms with van der Waals surface area (Å²) in [4.78, 5) is 55.1. The first-order valence-corrected chi connectivity index (χ1v) is 17.8. The molecule has 2 aliphatic carbocycles. The van der Waals surface area contributed by atoms with Crippen LogP contribution in [0.1, 0.15) is 62.8 Å². The molecule has 1 aromatic carbocycles. The van der Waals surface area contributed by atoms with Crippen LogP contribution in [0.4, 0.5) is 26.2 Å². The molecule has 4 aliphatic rings. The van der Waals surface area contributed by atoms with E-state index in [1.165, 1.54) is 34.9 Å². The van der Waals surface area contributed by atoms with Crippen LogP contribution in [0, 0.1) is 11.6 Å². The summed E-state index contributed by atoms with van der Waals surface area (Å²) in [6, 6.07) is 4.89. The SMILES string of the molecule is C=CC(=O)N1C[C@H](C)N(c2nc(=O)n(-c3c(C4CC4)nc(N4CCN(C)CC4)nc3C3CC3)c3nc(-c4c(N)cccc4F)c(F)cc23)C[C@H]1C. The number of aromatic nitrogens is 5. The predicted octanol–water partition coefficient (Wildman–Crippen LogP) is 4.22. The quantitative estimate of drug-likeness (QED) is 0.222. The first kappa shape index (κ1) is 33.2. The average Bonchev–Trinajstić information content (AvgIpc) is 4.04. The van der Waals surface area contributed by atoms with Crippen LogP contribution in [0.15, 0.2) is 41.7 Å². The molecule has 4 aromatic rings. The lowest BCUT2D eigenvalue weighted by Crippen LogP contribution is -2.58. The summed E-state index contributed by atoms with van der Waals surface area (Å²) in [5.74, 6) is -0.592. The van der Waals surface area contributed by atoms with E-state index in [1.54, 1.807) is 4.90 Å². The molecule has 4 fully saturated rings. The molecule has 2 atom stereocenters. The maximum Gasteiger partial charge on any atom is 0.355 e. The van der Waals surface area contributed by atoms with Crippen molar-refractivity contribution in [1.82, 2.24) is 34.3 Å². The molecule has 51 heavy (non-hydrogen) atoms. The van der Waals surface area contributed by atoms with Crippen molar-refractivity contribution >= 4 is 34.4 Å². The lowest BCUT2D eigenvalue weighted by atomic mass is 10.1. The molecular weight excluding hydrogens is 654 g/mol. The van der Waals surface area contributed by atoms with Gasteiger partial charge in [-0.2, -0.15) is 4.98 Å². The minimum Gasteiger partial charge on any atom is -0.398 e. The van der Waals surface area contributed by atoms with Crippen molar-refractivity contribution in [2.24, 2.45) is 0 Å². The van der Waals surface area contributed by atoms with Crippen molar-refractivity contribution in [2.45, 2.75) is 63.5 Å². The maximum absolute atomic E-state index is 16.3. The highest BCUT2D eigenvalue weighted by Crippen LogP contribution is 2.49. The fourth-order valence-corrected chi connectivity index (χ4v) is 7.48. The number of pyridine rings is 1. The van der Waals surface area contributed by atoms with Crippen molar-refractivity contribution in [1.29, 1.82) is 0 Å². The number of halogens is 2. The van der Waals surface area contributed by atoms with E-state index in [1.807, 2.05) is 18.7 Å². The summed E-state index contributed by atoms with van der Waals surface area (Å²) in [5.41, 5.74) is 7.31. The largest absolute Gasteiger partial charge is 0.398 e. The van der Waals surface area contributed by atoms with Gasteiger partial charge in [0.25, 0.3) is 0 Å². The lowest BCUT2D eigenvalue weighted by Gasteiger charge is -2.44. The highest BCUT2D eigenvalue weighted by atomic mass is 19.1. The van der Waals surface area contributed by atoms with Gasteiger partial charge in [0.15, 0.2) is 11.5 Å². The molecule has 2 N–H and O–H groups in total. The molecule has 5 heterocycles. The van der Waals surface area contributed by atoms with Gasteiger partial charge in [-0.15, -0.1) is 0 Å². The van der Waals surface area contributed by atoms with Gasteiger partial charge in [-0.05, 0) is 70.9 Å². The summed E-state index contributed by atoms with van der Waals surface area (Å²) in [5, 5.41) is 0.278. The number of amides is 1. The molecule has 8 rings (SSSR count). The number of nitrogens with zero attached hydrogens (tertiary/aromatic N) is 9. The molecule has 0 spiro atoms. The van der Waals surface area contributed by atoms with Gasteiger partial charge in [0, 0.05) is 68.9 Å². The number of benzene rings is 1. The number of carbonyl (C=O) groups excluding carboxylic acids is 1. The number of hydrogen-bond acceptors (Lipinski definition) is 10. The zero-order chi connectivity index (χ0) is 35.7. The van der Waals surface area contributed by atoms with Crippen LogP contribution < -0.4 is 21.2 Å². The van der Waals surface area contributed by atoms with Crippen molar-refractivity contribution in [2.75, 3.05) is 61.8 Å². The van der Waals surface area contributed by atoms with Gasteiger partial charge in [0.1, 0.15) is 17.3 Å². The van der Waals surface area contributed by atoms with Crippen molar-refractivity contribution in [3.63, 3.8) is 0 Å². The molecule has 1 amide bonds. The van der Waals surface area contributed by atoms with Gasteiger partial charge in [-0.25, -0.2) is 33.1 Å². The monoisotopic (exact) mass is 696 g/mol. The van der Waals surface area contributed by atoms with Crippen LogP contribution in [0.5, 0.6) is 0 Å². The Kier molecular flexibility index (Phi) is 8.23. The summed E-state index contributed by atoms with van der Waals surface area (Å²) >= 11 is 0. The van der Waals surface area contributed by atoms with E-state index in [2.05, 4.69) is 28.4 Å². The highest BCUT2D eigenvalue weighted by molar-refractivity contribution is 5.92. The van der Waals surface area contributed by atoms with E-state index in [4.69, 9.17) is 20.7 Å². The Hall–Kier alpha value is -4.98. The van der Waals surface area contributed by atoms with Crippen LogP contribution in [-0.2, 0) is 4.79 Å². The Bertz CT molecular complexity index is 2070. The molecule has 2 saturated carbocycles. The second kappa shape index (κ2) is 12.7.